The van der Waals surface area contributed by atoms with E-state index in [-0.39, 0.29) is 10.8 Å². The summed E-state index contributed by atoms with van der Waals surface area (Å²) < 4.78 is 4.72. The minimum atomic E-state index is -0.557. The summed E-state index contributed by atoms with van der Waals surface area (Å²) in [7, 11) is 3.22. The van der Waals surface area contributed by atoms with Crippen LogP contribution in [0.3, 0.4) is 0 Å². The van der Waals surface area contributed by atoms with E-state index in [0.29, 0.717) is 22.3 Å². The fourth-order valence-electron chi connectivity index (χ4n) is 1.97. The second-order valence-corrected chi connectivity index (χ2v) is 5.10. The van der Waals surface area contributed by atoms with Gasteiger partial charge in [-0.25, -0.2) is 9.78 Å². The van der Waals surface area contributed by atoms with Crippen molar-refractivity contribution in [1.82, 2.24) is 4.98 Å². The number of pyridine rings is 1. The number of esters is 1. The third kappa shape index (κ3) is 2.55. The van der Waals surface area contributed by atoms with E-state index in [9.17, 15) is 4.79 Å². The van der Waals surface area contributed by atoms with Crippen LogP contribution in [0, 0.1) is 0 Å². The molecule has 6 heteroatoms. The maximum Gasteiger partial charge on any atom is 0.357 e. The Morgan fingerprint density at radius 2 is 2.16 bits per heavy atom. The van der Waals surface area contributed by atoms with Crippen molar-refractivity contribution in [1.29, 1.82) is 0 Å². The molecule has 1 aliphatic rings. The number of hydrogen-bond acceptors (Lipinski definition) is 4. The highest BCUT2D eigenvalue weighted by atomic mass is 35.5. The summed E-state index contributed by atoms with van der Waals surface area (Å²) >= 11 is 12.2. The van der Waals surface area contributed by atoms with Crippen molar-refractivity contribution in [3.05, 3.63) is 28.0 Å². The Morgan fingerprint density at radius 1 is 1.53 bits per heavy atom. The van der Waals surface area contributed by atoms with Gasteiger partial charge in [0.15, 0.2) is 10.8 Å². The first-order chi connectivity index (χ1) is 9.01. The van der Waals surface area contributed by atoms with Gasteiger partial charge < -0.3 is 9.64 Å². The van der Waals surface area contributed by atoms with Crippen LogP contribution in [0.1, 0.15) is 28.9 Å². The molecule has 0 aliphatic heterocycles. The van der Waals surface area contributed by atoms with Gasteiger partial charge in [-0.05, 0) is 12.8 Å². The zero-order valence-electron chi connectivity index (χ0n) is 10.7. The fourth-order valence-corrected chi connectivity index (χ4v) is 2.42. The molecule has 0 atom stereocenters. The summed E-state index contributed by atoms with van der Waals surface area (Å²) in [5, 5.41) is 0.425. The van der Waals surface area contributed by atoms with E-state index >= 15 is 0 Å². The van der Waals surface area contributed by atoms with Crippen molar-refractivity contribution in [2.75, 3.05) is 19.1 Å². The molecule has 0 amide bonds. The van der Waals surface area contributed by atoms with Crippen LogP contribution in [-0.4, -0.2) is 31.2 Å². The molecule has 102 valence electrons. The van der Waals surface area contributed by atoms with Crippen LogP contribution in [-0.2, 0) is 4.74 Å². The van der Waals surface area contributed by atoms with Crippen molar-refractivity contribution in [2.45, 2.75) is 18.9 Å². The van der Waals surface area contributed by atoms with Gasteiger partial charge in [-0.1, -0.05) is 35.9 Å². The third-order valence-corrected chi connectivity index (χ3v) is 3.87. The minimum absolute atomic E-state index is 0.0927. The molecule has 0 aromatic carbocycles. The maximum absolute atomic E-state index is 11.8. The highest BCUT2D eigenvalue weighted by Gasteiger charge is 2.31. The number of carbonyl (C=O) groups is 1. The lowest BCUT2D eigenvalue weighted by Crippen LogP contribution is -2.23. The van der Waals surface area contributed by atoms with Gasteiger partial charge in [0, 0.05) is 18.7 Å². The molecule has 2 rings (SSSR count). The molecular weight excluding hydrogens is 287 g/mol. The highest BCUT2D eigenvalue weighted by Crippen LogP contribution is 2.41. The normalized spacial score (nSPS) is 14.1. The van der Waals surface area contributed by atoms with E-state index in [0.717, 1.165) is 12.8 Å². The Hall–Kier alpha value is -1.26. The van der Waals surface area contributed by atoms with Crippen LogP contribution >= 0.6 is 23.2 Å². The summed E-state index contributed by atoms with van der Waals surface area (Å²) in [6, 6.07) is 0.417. The van der Waals surface area contributed by atoms with Crippen LogP contribution in [0.15, 0.2) is 6.58 Å². The van der Waals surface area contributed by atoms with E-state index in [1.54, 1.807) is 6.08 Å². The van der Waals surface area contributed by atoms with Crippen LogP contribution in [0.2, 0.25) is 10.2 Å². The Bertz CT molecular complexity index is 542. The molecule has 0 bridgehead atoms. The van der Waals surface area contributed by atoms with Crippen molar-refractivity contribution >= 4 is 40.9 Å². The average molecular weight is 301 g/mol. The topological polar surface area (TPSA) is 42.4 Å². The number of nitrogens with zero attached hydrogens (tertiary/aromatic N) is 2. The Morgan fingerprint density at radius 3 is 2.63 bits per heavy atom. The number of carbonyl (C=O) groups excluding carboxylic acids is 1. The number of rotatable bonds is 4. The lowest BCUT2D eigenvalue weighted by atomic mass is 10.1. The van der Waals surface area contributed by atoms with Gasteiger partial charge in [-0.3, -0.25) is 0 Å². The molecule has 1 heterocycles. The summed E-state index contributed by atoms with van der Waals surface area (Å²) in [5.41, 5.74) is 1.37. The van der Waals surface area contributed by atoms with Crippen LogP contribution in [0.25, 0.3) is 6.08 Å². The zero-order chi connectivity index (χ0) is 14.2. The average Bonchev–Trinajstić information content (AvgIpc) is 3.23. The van der Waals surface area contributed by atoms with Crippen molar-refractivity contribution in [3.8, 4) is 0 Å². The molecule has 1 aromatic rings. The number of hydrogen-bond donors (Lipinski definition) is 0. The molecule has 0 saturated heterocycles. The molecular formula is C13H14Cl2N2O2. The standard InChI is InChI=1S/C13H14Cl2N2O2/c1-4-8-10(13(18)19-3)16-12(15)9(14)11(8)17(2)7-5-6-7/h4,7H,1,5-6H2,2-3H3. The summed E-state index contributed by atoms with van der Waals surface area (Å²) in [5.74, 6) is -0.557. The second kappa shape index (κ2) is 5.39. The molecule has 0 spiro atoms. The monoisotopic (exact) mass is 300 g/mol. The van der Waals surface area contributed by atoms with Crippen molar-refractivity contribution in [2.24, 2.45) is 0 Å². The number of halogens is 2. The zero-order valence-corrected chi connectivity index (χ0v) is 12.3. The van der Waals surface area contributed by atoms with E-state index in [4.69, 9.17) is 27.9 Å². The van der Waals surface area contributed by atoms with E-state index in [2.05, 4.69) is 11.6 Å². The van der Waals surface area contributed by atoms with Gasteiger partial charge in [0.05, 0.1) is 12.8 Å². The number of ether oxygens (including phenoxy) is 1. The van der Waals surface area contributed by atoms with Crippen LogP contribution in [0.4, 0.5) is 5.69 Å². The highest BCUT2D eigenvalue weighted by molar-refractivity contribution is 6.43. The van der Waals surface area contributed by atoms with Crippen LogP contribution in [0.5, 0.6) is 0 Å². The SMILES string of the molecule is C=Cc1c(C(=O)OC)nc(Cl)c(Cl)c1N(C)C1CC1. The van der Waals surface area contributed by atoms with Crippen molar-refractivity contribution in [3.63, 3.8) is 0 Å². The van der Waals surface area contributed by atoms with E-state index in [1.165, 1.54) is 7.11 Å². The van der Waals surface area contributed by atoms with Crippen LogP contribution < -0.4 is 4.90 Å². The van der Waals surface area contributed by atoms with E-state index < -0.39 is 5.97 Å². The summed E-state index contributed by atoms with van der Waals surface area (Å²) in [6.45, 7) is 3.73. The van der Waals surface area contributed by atoms with E-state index in [1.807, 2.05) is 11.9 Å². The Balaban J connectivity index is 2.64. The first-order valence-corrected chi connectivity index (χ1v) is 6.59. The number of aromatic nitrogens is 1. The van der Waals surface area contributed by atoms with Gasteiger partial charge >= 0.3 is 5.97 Å². The summed E-state index contributed by atoms with van der Waals surface area (Å²) in [6.07, 6.45) is 3.74. The first-order valence-electron chi connectivity index (χ1n) is 5.83. The molecule has 19 heavy (non-hydrogen) atoms. The molecule has 0 N–H and O–H groups in total. The summed E-state index contributed by atoms with van der Waals surface area (Å²) in [4.78, 5) is 17.8. The largest absolute Gasteiger partial charge is 0.464 e. The predicted molar refractivity (Wildman–Crippen MR) is 77.1 cm³/mol. The molecule has 1 aromatic heterocycles. The molecule has 0 unspecified atom stereocenters. The lowest BCUT2D eigenvalue weighted by Gasteiger charge is -2.23. The second-order valence-electron chi connectivity index (χ2n) is 4.37. The lowest BCUT2D eigenvalue weighted by molar-refractivity contribution is 0.0594. The number of methoxy groups -OCH3 is 1. The fraction of sp³-hybridized carbons (Fsp3) is 0.385. The molecule has 4 nitrogen and oxygen atoms in total. The third-order valence-electron chi connectivity index (χ3n) is 3.14. The van der Waals surface area contributed by atoms with Crippen molar-refractivity contribution < 1.29 is 9.53 Å². The molecule has 0 radical (unpaired) electrons. The Kier molecular flexibility index (Phi) is 4.02. The first kappa shape index (κ1) is 14.2. The van der Waals surface area contributed by atoms with Gasteiger partial charge in [0.1, 0.15) is 5.02 Å². The predicted octanol–water partition coefficient (Wildman–Crippen LogP) is 3.42. The Labute approximate surface area is 122 Å². The molecule has 1 saturated carbocycles. The smallest absolute Gasteiger partial charge is 0.357 e. The van der Waals surface area contributed by atoms with Gasteiger partial charge in [0.25, 0.3) is 0 Å². The minimum Gasteiger partial charge on any atom is -0.464 e. The van der Waals surface area contributed by atoms with Gasteiger partial charge in [-0.2, -0.15) is 0 Å². The number of anilines is 1. The maximum atomic E-state index is 11.8. The quantitative estimate of drug-likeness (QED) is 0.631. The van der Waals surface area contributed by atoms with Gasteiger partial charge in [0.2, 0.25) is 0 Å². The molecule has 1 aliphatic carbocycles. The van der Waals surface area contributed by atoms with Gasteiger partial charge in [-0.15, -0.1) is 0 Å². The molecule has 1 fully saturated rings.